The standard InChI is InChI=1S/C20H28FN3O2/c1-4-23(5-2)20(26)19-13-18(22-15(3)25)14-24(19)12-6-7-16-8-10-17(21)11-9-16/h6-11,18-19H,4-5,12-14H2,1-3H3,(H,22,25)/b7-6+/t18-,19+/m1/s1. The maximum absolute atomic E-state index is 13.0. The molecular formula is C20H28FN3O2. The molecule has 0 spiro atoms. The number of likely N-dealkylation sites (tertiary alicyclic amines) is 1. The molecule has 1 fully saturated rings. The van der Waals surface area contributed by atoms with E-state index in [4.69, 9.17) is 0 Å². The average Bonchev–Trinajstić information content (AvgIpc) is 2.99. The SMILES string of the molecule is CCN(CC)C(=O)[C@@H]1C[C@@H](NC(C)=O)CN1C/C=C/c1ccc(F)cc1. The van der Waals surface area contributed by atoms with Gasteiger partial charge in [0.15, 0.2) is 0 Å². The van der Waals surface area contributed by atoms with Crippen molar-refractivity contribution in [2.24, 2.45) is 0 Å². The van der Waals surface area contributed by atoms with E-state index in [-0.39, 0.29) is 29.7 Å². The lowest BCUT2D eigenvalue weighted by atomic mass is 10.1. The number of hydrogen-bond donors (Lipinski definition) is 1. The van der Waals surface area contributed by atoms with E-state index in [1.54, 1.807) is 12.1 Å². The normalized spacial score (nSPS) is 20.5. The Morgan fingerprint density at radius 1 is 1.27 bits per heavy atom. The Morgan fingerprint density at radius 3 is 2.50 bits per heavy atom. The first-order valence-corrected chi connectivity index (χ1v) is 9.16. The maximum atomic E-state index is 13.0. The Kier molecular flexibility index (Phi) is 7.33. The van der Waals surface area contributed by atoms with Gasteiger partial charge in [0.1, 0.15) is 5.82 Å². The van der Waals surface area contributed by atoms with Gasteiger partial charge in [-0.3, -0.25) is 14.5 Å². The molecule has 1 aromatic carbocycles. The first-order chi connectivity index (χ1) is 12.4. The second kappa shape index (κ2) is 9.48. The van der Waals surface area contributed by atoms with Crippen molar-refractivity contribution in [1.82, 2.24) is 15.1 Å². The molecule has 2 atom stereocenters. The molecule has 142 valence electrons. The molecule has 26 heavy (non-hydrogen) atoms. The van der Waals surface area contributed by atoms with Crippen molar-refractivity contribution >= 4 is 17.9 Å². The van der Waals surface area contributed by atoms with Crippen LogP contribution in [-0.2, 0) is 9.59 Å². The minimum Gasteiger partial charge on any atom is -0.352 e. The van der Waals surface area contributed by atoms with E-state index in [1.807, 2.05) is 30.9 Å². The largest absolute Gasteiger partial charge is 0.352 e. The van der Waals surface area contributed by atoms with E-state index >= 15 is 0 Å². The second-order valence-corrected chi connectivity index (χ2v) is 6.57. The first-order valence-electron chi connectivity index (χ1n) is 9.16. The lowest BCUT2D eigenvalue weighted by Crippen LogP contribution is -2.45. The van der Waals surface area contributed by atoms with Crippen LogP contribution in [0.2, 0.25) is 0 Å². The fourth-order valence-electron chi connectivity index (χ4n) is 3.40. The zero-order valence-corrected chi connectivity index (χ0v) is 15.7. The molecule has 2 rings (SSSR count). The molecule has 1 saturated heterocycles. The number of nitrogens with zero attached hydrogens (tertiary/aromatic N) is 2. The van der Waals surface area contributed by atoms with Crippen LogP contribution in [0.1, 0.15) is 32.8 Å². The zero-order chi connectivity index (χ0) is 19.1. The smallest absolute Gasteiger partial charge is 0.240 e. The molecule has 0 bridgehead atoms. The van der Waals surface area contributed by atoms with E-state index in [0.29, 0.717) is 32.6 Å². The van der Waals surface area contributed by atoms with Gasteiger partial charge in [0.2, 0.25) is 11.8 Å². The van der Waals surface area contributed by atoms with Crippen LogP contribution in [0.5, 0.6) is 0 Å². The molecule has 1 N–H and O–H groups in total. The summed E-state index contributed by atoms with van der Waals surface area (Å²) in [7, 11) is 0. The van der Waals surface area contributed by atoms with Crippen LogP contribution in [0.25, 0.3) is 6.08 Å². The van der Waals surface area contributed by atoms with E-state index in [2.05, 4.69) is 10.2 Å². The number of likely N-dealkylation sites (N-methyl/N-ethyl adjacent to an activating group) is 1. The van der Waals surface area contributed by atoms with Crippen LogP contribution >= 0.6 is 0 Å². The van der Waals surface area contributed by atoms with Gasteiger partial charge in [-0.25, -0.2) is 4.39 Å². The Labute approximate surface area is 154 Å². The molecule has 0 aromatic heterocycles. The molecule has 1 aromatic rings. The molecule has 1 aliphatic heterocycles. The van der Waals surface area contributed by atoms with Gasteiger partial charge in [-0.2, -0.15) is 0 Å². The van der Waals surface area contributed by atoms with E-state index in [0.717, 1.165) is 5.56 Å². The van der Waals surface area contributed by atoms with Crippen molar-refractivity contribution in [3.05, 3.63) is 41.7 Å². The summed E-state index contributed by atoms with van der Waals surface area (Å²) >= 11 is 0. The second-order valence-electron chi connectivity index (χ2n) is 6.57. The van der Waals surface area contributed by atoms with Crippen molar-refractivity contribution in [2.45, 2.75) is 39.3 Å². The average molecular weight is 361 g/mol. The Bertz CT molecular complexity index is 641. The molecule has 1 heterocycles. The molecule has 1 aliphatic rings. The van der Waals surface area contributed by atoms with Gasteiger partial charge >= 0.3 is 0 Å². The third-order valence-corrected chi connectivity index (χ3v) is 4.69. The topological polar surface area (TPSA) is 52.7 Å². The maximum Gasteiger partial charge on any atom is 0.240 e. The summed E-state index contributed by atoms with van der Waals surface area (Å²) < 4.78 is 13.0. The number of carbonyl (C=O) groups is 2. The van der Waals surface area contributed by atoms with Gasteiger partial charge in [0.25, 0.3) is 0 Å². The Morgan fingerprint density at radius 2 is 1.92 bits per heavy atom. The van der Waals surface area contributed by atoms with Crippen molar-refractivity contribution < 1.29 is 14.0 Å². The summed E-state index contributed by atoms with van der Waals surface area (Å²) in [6.45, 7) is 8.04. The van der Waals surface area contributed by atoms with Crippen LogP contribution in [-0.4, -0.2) is 59.9 Å². The van der Waals surface area contributed by atoms with Crippen molar-refractivity contribution in [3.8, 4) is 0 Å². The Hall–Kier alpha value is -2.21. The van der Waals surface area contributed by atoms with Gasteiger partial charge < -0.3 is 10.2 Å². The molecule has 2 amide bonds. The summed E-state index contributed by atoms with van der Waals surface area (Å²) in [6, 6.07) is 6.04. The van der Waals surface area contributed by atoms with Crippen molar-refractivity contribution in [2.75, 3.05) is 26.2 Å². The molecule has 0 unspecified atom stereocenters. The number of benzene rings is 1. The van der Waals surface area contributed by atoms with Gasteiger partial charge in [-0.1, -0.05) is 24.3 Å². The molecule has 5 nitrogen and oxygen atoms in total. The zero-order valence-electron chi connectivity index (χ0n) is 15.7. The monoisotopic (exact) mass is 361 g/mol. The number of nitrogens with one attached hydrogen (secondary N) is 1. The summed E-state index contributed by atoms with van der Waals surface area (Å²) in [6.07, 6.45) is 4.52. The van der Waals surface area contributed by atoms with Crippen molar-refractivity contribution in [3.63, 3.8) is 0 Å². The lowest BCUT2D eigenvalue weighted by Gasteiger charge is -2.28. The third kappa shape index (κ3) is 5.39. The molecule has 0 saturated carbocycles. The fourth-order valence-corrected chi connectivity index (χ4v) is 3.40. The fraction of sp³-hybridized carbons (Fsp3) is 0.500. The predicted octanol–water partition coefficient (Wildman–Crippen LogP) is 2.29. The molecule has 0 aliphatic carbocycles. The van der Waals surface area contributed by atoms with Gasteiger partial charge in [0.05, 0.1) is 6.04 Å². The van der Waals surface area contributed by atoms with Gasteiger partial charge in [-0.15, -0.1) is 0 Å². The van der Waals surface area contributed by atoms with Crippen LogP contribution in [0.3, 0.4) is 0 Å². The van der Waals surface area contributed by atoms with Crippen LogP contribution in [0, 0.1) is 5.82 Å². The number of rotatable bonds is 7. The van der Waals surface area contributed by atoms with Crippen LogP contribution in [0.15, 0.2) is 30.3 Å². The minimum atomic E-state index is -0.260. The lowest BCUT2D eigenvalue weighted by molar-refractivity contribution is -0.135. The highest BCUT2D eigenvalue weighted by molar-refractivity contribution is 5.82. The van der Waals surface area contributed by atoms with E-state index in [1.165, 1.54) is 19.1 Å². The van der Waals surface area contributed by atoms with E-state index < -0.39 is 0 Å². The summed E-state index contributed by atoms with van der Waals surface area (Å²) in [5.74, 6) is -0.226. The van der Waals surface area contributed by atoms with Gasteiger partial charge in [0, 0.05) is 39.1 Å². The summed E-state index contributed by atoms with van der Waals surface area (Å²) in [5.41, 5.74) is 0.913. The highest BCUT2D eigenvalue weighted by Crippen LogP contribution is 2.20. The molecule has 0 radical (unpaired) electrons. The number of halogens is 1. The first kappa shape index (κ1) is 20.1. The Balaban J connectivity index is 2.06. The third-order valence-electron chi connectivity index (χ3n) is 4.69. The molecule has 6 heteroatoms. The molecular weight excluding hydrogens is 333 g/mol. The number of hydrogen-bond acceptors (Lipinski definition) is 3. The summed E-state index contributed by atoms with van der Waals surface area (Å²) in [5, 5.41) is 2.93. The van der Waals surface area contributed by atoms with Crippen LogP contribution < -0.4 is 5.32 Å². The highest BCUT2D eigenvalue weighted by atomic mass is 19.1. The minimum absolute atomic E-state index is 0.0174. The predicted molar refractivity (Wildman–Crippen MR) is 101 cm³/mol. The number of amides is 2. The number of carbonyl (C=O) groups excluding carboxylic acids is 2. The highest BCUT2D eigenvalue weighted by Gasteiger charge is 2.37. The quantitative estimate of drug-likeness (QED) is 0.811. The van der Waals surface area contributed by atoms with Gasteiger partial charge in [-0.05, 0) is 38.0 Å². The van der Waals surface area contributed by atoms with Crippen LogP contribution in [0.4, 0.5) is 4.39 Å². The van der Waals surface area contributed by atoms with Crippen molar-refractivity contribution in [1.29, 1.82) is 0 Å². The van der Waals surface area contributed by atoms with E-state index in [9.17, 15) is 14.0 Å². The summed E-state index contributed by atoms with van der Waals surface area (Å²) in [4.78, 5) is 28.1.